The number of nitrogens with zero attached hydrogens (tertiary/aromatic N) is 1. The Morgan fingerprint density at radius 3 is 2.23 bits per heavy atom. The lowest BCUT2D eigenvalue weighted by atomic mass is 9.79. The third-order valence-corrected chi connectivity index (χ3v) is 5.92. The summed E-state index contributed by atoms with van der Waals surface area (Å²) in [5.41, 5.74) is 1.91. The number of hydrogen-bond acceptors (Lipinski definition) is 5. The van der Waals surface area contributed by atoms with E-state index in [9.17, 15) is 9.59 Å². The third kappa shape index (κ3) is 4.17. The predicted molar refractivity (Wildman–Crippen MR) is 118 cm³/mol. The first-order valence-electron chi connectivity index (χ1n) is 10.3. The van der Waals surface area contributed by atoms with E-state index in [1.54, 1.807) is 31.2 Å². The minimum Gasteiger partial charge on any atom is -0.497 e. The molecule has 2 amide bonds. The Morgan fingerprint density at radius 1 is 1.06 bits per heavy atom. The summed E-state index contributed by atoms with van der Waals surface area (Å²) in [7, 11) is 6.38. The van der Waals surface area contributed by atoms with Crippen molar-refractivity contribution < 1.29 is 23.8 Å². The molecular weight excluding hydrogens is 396 g/mol. The molecule has 1 N–H and O–H groups in total. The van der Waals surface area contributed by atoms with E-state index in [0.717, 1.165) is 12.0 Å². The van der Waals surface area contributed by atoms with Crippen LogP contribution in [0.25, 0.3) is 0 Å². The van der Waals surface area contributed by atoms with Gasteiger partial charge in [0.15, 0.2) is 11.5 Å². The molecular formula is C24H30N2O5. The Balaban J connectivity index is 2.19. The van der Waals surface area contributed by atoms with Gasteiger partial charge in [0.1, 0.15) is 5.75 Å². The van der Waals surface area contributed by atoms with Crippen LogP contribution in [0.2, 0.25) is 0 Å². The van der Waals surface area contributed by atoms with E-state index in [1.165, 1.54) is 14.2 Å². The fraction of sp³-hybridized carbons (Fsp3) is 0.417. The number of ether oxygens (including phenoxy) is 3. The molecule has 0 bridgehead atoms. The highest BCUT2D eigenvalue weighted by atomic mass is 16.5. The summed E-state index contributed by atoms with van der Waals surface area (Å²) < 4.78 is 16.1. The SMILES string of the molecule is CC[C@@H](C)NC(=O)[C@H]1c2cc(OC)c(OC)cc2C(=O)N(C)[C@@H]1c1ccc(OC)cc1. The molecule has 1 aliphatic rings. The van der Waals surface area contributed by atoms with Crippen molar-refractivity contribution in [2.75, 3.05) is 28.4 Å². The van der Waals surface area contributed by atoms with Gasteiger partial charge in [-0.15, -0.1) is 0 Å². The number of likely N-dealkylation sites (N-methyl/N-ethyl adjacent to an activating group) is 1. The molecule has 0 spiro atoms. The van der Waals surface area contributed by atoms with Crippen molar-refractivity contribution in [2.24, 2.45) is 0 Å². The van der Waals surface area contributed by atoms with E-state index in [2.05, 4.69) is 5.32 Å². The Labute approximate surface area is 183 Å². The second kappa shape index (κ2) is 9.29. The zero-order valence-corrected chi connectivity index (χ0v) is 18.9. The number of benzene rings is 2. The molecule has 0 saturated carbocycles. The van der Waals surface area contributed by atoms with E-state index in [0.29, 0.717) is 28.4 Å². The molecule has 3 atom stereocenters. The van der Waals surface area contributed by atoms with Crippen LogP contribution in [-0.2, 0) is 4.79 Å². The lowest BCUT2D eigenvalue weighted by Gasteiger charge is -2.40. The van der Waals surface area contributed by atoms with Crippen LogP contribution >= 0.6 is 0 Å². The molecule has 0 saturated heterocycles. The second-order valence-electron chi connectivity index (χ2n) is 7.72. The predicted octanol–water partition coefficient (Wildman–Crippen LogP) is 3.54. The molecule has 3 rings (SSSR count). The number of rotatable bonds is 7. The smallest absolute Gasteiger partial charge is 0.254 e. The molecule has 7 heteroatoms. The van der Waals surface area contributed by atoms with Crippen LogP contribution in [0.15, 0.2) is 36.4 Å². The van der Waals surface area contributed by atoms with Crippen molar-refractivity contribution in [2.45, 2.75) is 38.3 Å². The van der Waals surface area contributed by atoms with Crippen molar-refractivity contribution in [3.8, 4) is 17.2 Å². The largest absolute Gasteiger partial charge is 0.497 e. The zero-order chi connectivity index (χ0) is 22.7. The number of hydrogen-bond donors (Lipinski definition) is 1. The van der Waals surface area contributed by atoms with Gasteiger partial charge in [-0.05, 0) is 48.7 Å². The summed E-state index contributed by atoms with van der Waals surface area (Å²) in [5, 5.41) is 3.09. The molecule has 0 fully saturated rings. The van der Waals surface area contributed by atoms with Gasteiger partial charge in [-0.3, -0.25) is 9.59 Å². The quantitative estimate of drug-likeness (QED) is 0.733. The molecule has 31 heavy (non-hydrogen) atoms. The van der Waals surface area contributed by atoms with Crippen LogP contribution < -0.4 is 19.5 Å². The lowest BCUT2D eigenvalue weighted by Crippen LogP contribution is -2.47. The van der Waals surface area contributed by atoms with Gasteiger partial charge in [-0.25, -0.2) is 0 Å². The minimum atomic E-state index is -0.611. The van der Waals surface area contributed by atoms with Gasteiger partial charge in [0.05, 0.1) is 33.3 Å². The summed E-state index contributed by atoms with van der Waals surface area (Å²) >= 11 is 0. The first kappa shape index (κ1) is 22.5. The van der Waals surface area contributed by atoms with Gasteiger partial charge >= 0.3 is 0 Å². The maximum Gasteiger partial charge on any atom is 0.254 e. The Kier molecular flexibility index (Phi) is 6.73. The Hall–Kier alpha value is -3.22. The zero-order valence-electron chi connectivity index (χ0n) is 18.9. The van der Waals surface area contributed by atoms with Crippen molar-refractivity contribution in [3.05, 3.63) is 53.1 Å². The highest BCUT2D eigenvalue weighted by Crippen LogP contribution is 2.45. The maximum atomic E-state index is 13.5. The van der Waals surface area contributed by atoms with E-state index < -0.39 is 12.0 Å². The average Bonchev–Trinajstić information content (AvgIpc) is 2.80. The topological polar surface area (TPSA) is 77.1 Å². The molecule has 7 nitrogen and oxygen atoms in total. The van der Waals surface area contributed by atoms with Crippen LogP contribution in [-0.4, -0.2) is 51.1 Å². The standard InChI is InChI=1S/C24H30N2O5/c1-7-14(2)25-23(27)21-17-12-19(30-5)20(31-6)13-18(17)24(28)26(3)22(21)15-8-10-16(29-4)11-9-15/h8-14,21-22H,7H2,1-6H3,(H,25,27)/t14-,21+,22-/m1/s1. The lowest BCUT2D eigenvalue weighted by molar-refractivity contribution is -0.124. The van der Waals surface area contributed by atoms with E-state index >= 15 is 0 Å². The second-order valence-corrected chi connectivity index (χ2v) is 7.72. The molecule has 2 aromatic rings. The van der Waals surface area contributed by atoms with Crippen LogP contribution in [0.4, 0.5) is 0 Å². The Morgan fingerprint density at radius 2 is 1.68 bits per heavy atom. The number of carbonyl (C=O) groups is 2. The average molecular weight is 427 g/mol. The van der Waals surface area contributed by atoms with Gasteiger partial charge < -0.3 is 24.4 Å². The fourth-order valence-electron chi connectivity index (χ4n) is 3.98. The summed E-state index contributed by atoms with van der Waals surface area (Å²) in [6, 6.07) is 10.4. The van der Waals surface area contributed by atoms with Gasteiger partial charge in [0.2, 0.25) is 5.91 Å². The van der Waals surface area contributed by atoms with Crippen molar-refractivity contribution >= 4 is 11.8 Å². The van der Waals surface area contributed by atoms with Crippen LogP contribution in [0.3, 0.4) is 0 Å². The molecule has 0 aromatic heterocycles. The monoisotopic (exact) mass is 426 g/mol. The molecule has 166 valence electrons. The first-order valence-corrected chi connectivity index (χ1v) is 10.3. The summed E-state index contributed by atoms with van der Waals surface area (Å²) in [5.74, 6) is 0.716. The number of carbonyl (C=O) groups excluding carboxylic acids is 2. The van der Waals surface area contributed by atoms with Crippen molar-refractivity contribution in [3.63, 3.8) is 0 Å². The van der Waals surface area contributed by atoms with Crippen LogP contribution in [0.5, 0.6) is 17.2 Å². The van der Waals surface area contributed by atoms with Gasteiger partial charge in [-0.2, -0.15) is 0 Å². The fourth-order valence-corrected chi connectivity index (χ4v) is 3.98. The van der Waals surface area contributed by atoms with Crippen molar-refractivity contribution in [1.29, 1.82) is 0 Å². The summed E-state index contributed by atoms with van der Waals surface area (Å²) in [6.07, 6.45) is 0.805. The molecule has 2 aromatic carbocycles. The van der Waals surface area contributed by atoms with Crippen LogP contribution in [0, 0.1) is 0 Å². The van der Waals surface area contributed by atoms with Crippen LogP contribution in [0.1, 0.15) is 53.7 Å². The van der Waals surface area contributed by atoms with E-state index in [1.807, 2.05) is 38.1 Å². The van der Waals surface area contributed by atoms with Gasteiger partial charge in [-0.1, -0.05) is 19.1 Å². The number of fused-ring (bicyclic) bond motifs is 1. The van der Waals surface area contributed by atoms with Crippen molar-refractivity contribution in [1.82, 2.24) is 10.2 Å². The highest BCUT2D eigenvalue weighted by Gasteiger charge is 2.43. The summed E-state index contributed by atoms with van der Waals surface area (Å²) in [6.45, 7) is 3.98. The van der Waals surface area contributed by atoms with Gasteiger partial charge in [0.25, 0.3) is 5.91 Å². The number of nitrogens with one attached hydrogen (secondary N) is 1. The normalized spacial score (nSPS) is 18.8. The maximum absolute atomic E-state index is 13.5. The minimum absolute atomic E-state index is 0.00976. The highest BCUT2D eigenvalue weighted by molar-refractivity contribution is 6.02. The number of amides is 2. The Bertz CT molecular complexity index is 957. The molecule has 1 aliphatic heterocycles. The molecule has 0 unspecified atom stereocenters. The van der Waals surface area contributed by atoms with Gasteiger partial charge in [0, 0.05) is 18.7 Å². The van der Waals surface area contributed by atoms with E-state index in [-0.39, 0.29) is 17.9 Å². The first-order chi connectivity index (χ1) is 14.9. The summed E-state index contributed by atoms with van der Waals surface area (Å²) in [4.78, 5) is 28.4. The molecule has 1 heterocycles. The molecule has 0 radical (unpaired) electrons. The third-order valence-electron chi connectivity index (χ3n) is 5.92. The number of methoxy groups -OCH3 is 3. The van der Waals surface area contributed by atoms with E-state index in [4.69, 9.17) is 14.2 Å². The molecule has 0 aliphatic carbocycles.